The van der Waals surface area contributed by atoms with Crippen molar-refractivity contribution in [3.8, 4) is 0 Å². The molecule has 2 rings (SSSR count). The van der Waals surface area contributed by atoms with Gasteiger partial charge in [-0.1, -0.05) is 6.92 Å². The maximum atomic E-state index is 12.1. The van der Waals surface area contributed by atoms with E-state index in [1.807, 2.05) is 13.8 Å². The zero-order valence-electron chi connectivity index (χ0n) is 10.5. The highest BCUT2D eigenvalue weighted by Gasteiger charge is 2.30. The van der Waals surface area contributed by atoms with E-state index in [0.717, 1.165) is 18.9 Å². The van der Waals surface area contributed by atoms with Gasteiger partial charge >= 0.3 is 0 Å². The van der Waals surface area contributed by atoms with Crippen molar-refractivity contribution >= 4 is 5.91 Å². The van der Waals surface area contributed by atoms with E-state index in [1.165, 1.54) is 0 Å². The third-order valence-corrected chi connectivity index (χ3v) is 3.31. The first-order chi connectivity index (χ1) is 8.08. The zero-order chi connectivity index (χ0) is 12.4. The minimum Gasteiger partial charge on any atom is -0.338 e. The van der Waals surface area contributed by atoms with Crippen LogP contribution in [0.1, 0.15) is 18.6 Å². The number of hydrogen-bond acceptors (Lipinski definition) is 4. The van der Waals surface area contributed by atoms with Gasteiger partial charge in [-0.25, -0.2) is 4.98 Å². The summed E-state index contributed by atoms with van der Waals surface area (Å²) in [5, 5.41) is 10.0. The number of carbonyl (C=O) groups is 1. The number of rotatable bonds is 4. The average molecular weight is 237 g/mol. The molecule has 0 spiro atoms. The molecule has 1 fully saturated rings. The summed E-state index contributed by atoms with van der Waals surface area (Å²) in [5.74, 6) is 2.15. The molecule has 1 aliphatic heterocycles. The van der Waals surface area contributed by atoms with Crippen molar-refractivity contribution in [2.75, 3.05) is 20.1 Å². The number of amides is 1. The van der Waals surface area contributed by atoms with Gasteiger partial charge in [0.1, 0.15) is 5.82 Å². The van der Waals surface area contributed by atoms with E-state index in [1.54, 1.807) is 11.9 Å². The average Bonchev–Trinajstić information content (AvgIpc) is 2.60. The second-order valence-corrected chi connectivity index (χ2v) is 4.74. The van der Waals surface area contributed by atoms with Crippen molar-refractivity contribution in [2.45, 2.75) is 20.4 Å². The van der Waals surface area contributed by atoms with E-state index < -0.39 is 0 Å². The molecule has 6 heteroatoms. The van der Waals surface area contributed by atoms with E-state index in [9.17, 15) is 4.79 Å². The lowest BCUT2D eigenvalue weighted by atomic mass is 9.88. The second-order valence-electron chi connectivity index (χ2n) is 4.74. The van der Waals surface area contributed by atoms with Gasteiger partial charge in [0, 0.05) is 13.0 Å². The summed E-state index contributed by atoms with van der Waals surface area (Å²) in [4.78, 5) is 18.0. The summed E-state index contributed by atoms with van der Waals surface area (Å²) in [6.45, 7) is 6.20. The van der Waals surface area contributed by atoms with Crippen LogP contribution in [0.3, 0.4) is 0 Å². The number of hydrogen-bond donors (Lipinski definition) is 2. The third kappa shape index (κ3) is 2.63. The van der Waals surface area contributed by atoms with E-state index in [2.05, 4.69) is 20.5 Å². The zero-order valence-corrected chi connectivity index (χ0v) is 10.5. The number of aryl methyl sites for hydroxylation is 1. The number of aromatic nitrogens is 3. The first-order valence-electron chi connectivity index (χ1n) is 5.91. The standard InChI is InChI=1S/C11H19N5O/c1-7(9-4-12-5-9)11(17)16(3)6-10-13-8(2)14-15-10/h7,9,12H,4-6H2,1-3H3,(H,13,14,15). The van der Waals surface area contributed by atoms with Gasteiger partial charge in [-0.2, -0.15) is 5.10 Å². The van der Waals surface area contributed by atoms with Crippen molar-refractivity contribution in [2.24, 2.45) is 11.8 Å². The van der Waals surface area contributed by atoms with Crippen LogP contribution in [0.4, 0.5) is 0 Å². The number of H-pyrrole nitrogens is 1. The smallest absolute Gasteiger partial charge is 0.225 e. The Morgan fingerprint density at radius 2 is 2.29 bits per heavy atom. The molecular formula is C11H19N5O. The first-order valence-corrected chi connectivity index (χ1v) is 5.91. The Kier molecular flexibility index (Phi) is 3.42. The number of aromatic amines is 1. The van der Waals surface area contributed by atoms with Crippen LogP contribution in [0.25, 0.3) is 0 Å². The maximum Gasteiger partial charge on any atom is 0.225 e. The molecule has 1 aromatic heterocycles. The molecule has 1 unspecified atom stereocenters. The Morgan fingerprint density at radius 3 is 2.76 bits per heavy atom. The lowest BCUT2D eigenvalue weighted by Crippen LogP contribution is -2.49. The molecule has 1 amide bonds. The highest BCUT2D eigenvalue weighted by atomic mass is 16.2. The number of nitrogens with one attached hydrogen (secondary N) is 2. The van der Waals surface area contributed by atoms with Crippen LogP contribution in [0.2, 0.25) is 0 Å². The van der Waals surface area contributed by atoms with Gasteiger partial charge in [-0.15, -0.1) is 0 Å². The monoisotopic (exact) mass is 237 g/mol. The Balaban J connectivity index is 1.90. The topological polar surface area (TPSA) is 73.9 Å². The quantitative estimate of drug-likeness (QED) is 0.768. The SMILES string of the molecule is Cc1nc(CN(C)C(=O)C(C)C2CNC2)n[nH]1. The Morgan fingerprint density at radius 1 is 1.59 bits per heavy atom. The van der Waals surface area contributed by atoms with Crippen LogP contribution < -0.4 is 5.32 Å². The van der Waals surface area contributed by atoms with E-state index in [4.69, 9.17) is 0 Å². The fraction of sp³-hybridized carbons (Fsp3) is 0.727. The molecule has 2 N–H and O–H groups in total. The largest absolute Gasteiger partial charge is 0.338 e. The van der Waals surface area contributed by atoms with E-state index in [-0.39, 0.29) is 11.8 Å². The van der Waals surface area contributed by atoms with Gasteiger partial charge in [0.05, 0.1) is 6.54 Å². The molecule has 1 aliphatic rings. The van der Waals surface area contributed by atoms with Crippen molar-refractivity contribution in [1.82, 2.24) is 25.4 Å². The van der Waals surface area contributed by atoms with Crippen LogP contribution in [0.15, 0.2) is 0 Å². The molecule has 1 aromatic rings. The molecule has 0 aliphatic carbocycles. The molecule has 2 heterocycles. The fourth-order valence-corrected chi connectivity index (χ4v) is 1.96. The number of nitrogens with zero attached hydrogens (tertiary/aromatic N) is 3. The molecule has 0 saturated carbocycles. The minimum absolute atomic E-state index is 0.0706. The highest BCUT2D eigenvalue weighted by molar-refractivity contribution is 5.78. The van der Waals surface area contributed by atoms with Gasteiger partial charge < -0.3 is 10.2 Å². The van der Waals surface area contributed by atoms with Crippen molar-refractivity contribution in [3.63, 3.8) is 0 Å². The van der Waals surface area contributed by atoms with Crippen LogP contribution >= 0.6 is 0 Å². The van der Waals surface area contributed by atoms with Gasteiger partial charge in [-0.3, -0.25) is 9.89 Å². The normalized spacial score (nSPS) is 17.6. The Hall–Kier alpha value is -1.43. The Bertz CT molecular complexity index is 398. The minimum atomic E-state index is 0.0706. The highest BCUT2D eigenvalue weighted by Crippen LogP contribution is 2.18. The van der Waals surface area contributed by atoms with Crippen molar-refractivity contribution in [3.05, 3.63) is 11.6 Å². The lowest BCUT2D eigenvalue weighted by Gasteiger charge is -2.33. The van der Waals surface area contributed by atoms with Gasteiger partial charge in [0.15, 0.2) is 5.82 Å². The molecule has 94 valence electrons. The van der Waals surface area contributed by atoms with Crippen molar-refractivity contribution in [1.29, 1.82) is 0 Å². The van der Waals surface area contributed by atoms with Crippen LogP contribution in [-0.4, -0.2) is 46.1 Å². The summed E-state index contributed by atoms with van der Waals surface area (Å²) in [5.41, 5.74) is 0. The lowest BCUT2D eigenvalue weighted by molar-refractivity contribution is -0.136. The molecule has 0 radical (unpaired) electrons. The molecular weight excluding hydrogens is 218 g/mol. The first kappa shape index (κ1) is 12.0. The van der Waals surface area contributed by atoms with Gasteiger partial charge in [0.25, 0.3) is 0 Å². The fourth-order valence-electron chi connectivity index (χ4n) is 1.96. The van der Waals surface area contributed by atoms with Crippen LogP contribution in [0, 0.1) is 18.8 Å². The molecule has 0 bridgehead atoms. The summed E-state index contributed by atoms with van der Waals surface area (Å²) in [7, 11) is 1.80. The van der Waals surface area contributed by atoms with E-state index >= 15 is 0 Å². The van der Waals surface area contributed by atoms with Crippen LogP contribution in [0.5, 0.6) is 0 Å². The summed E-state index contributed by atoms with van der Waals surface area (Å²) in [6.07, 6.45) is 0. The predicted molar refractivity (Wildman–Crippen MR) is 63.1 cm³/mol. The van der Waals surface area contributed by atoms with Gasteiger partial charge in [0.2, 0.25) is 5.91 Å². The van der Waals surface area contributed by atoms with Crippen LogP contribution in [-0.2, 0) is 11.3 Å². The molecule has 1 atom stereocenters. The van der Waals surface area contributed by atoms with Crippen molar-refractivity contribution < 1.29 is 4.79 Å². The summed E-state index contributed by atoms with van der Waals surface area (Å²) in [6, 6.07) is 0. The Labute approximate surface area is 101 Å². The molecule has 17 heavy (non-hydrogen) atoms. The molecule has 0 aromatic carbocycles. The van der Waals surface area contributed by atoms with E-state index in [0.29, 0.717) is 18.3 Å². The van der Waals surface area contributed by atoms with Gasteiger partial charge in [-0.05, 0) is 25.9 Å². The molecule has 6 nitrogen and oxygen atoms in total. The second kappa shape index (κ2) is 4.83. The number of carbonyl (C=O) groups excluding carboxylic acids is 1. The predicted octanol–water partition coefficient (Wildman–Crippen LogP) is -0.0730. The third-order valence-electron chi connectivity index (χ3n) is 3.31. The maximum absolute atomic E-state index is 12.1. The summed E-state index contributed by atoms with van der Waals surface area (Å²) >= 11 is 0. The molecule has 1 saturated heterocycles. The summed E-state index contributed by atoms with van der Waals surface area (Å²) < 4.78 is 0.